The zero-order chi connectivity index (χ0) is 11.4. The summed E-state index contributed by atoms with van der Waals surface area (Å²) in [6, 6.07) is 7.37. The van der Waals surface area contributed by atoms with Crippen LogP contribution in [-0.4, -0.2) is 21.7 Å². The van der Waals surface area contributed by atoms with E-state index in [-0.39, 0.29) is 0 Å². The summed E-state index contributed by atoms with van der Waals surface area (Å²) in [4.78, 5) is 27.9. The fourth-order valence-electron chi connectivity index (χ4n) is 1.27. The number of pyridine rings is 1. The first kappa shape index (κ1) is 10.1. The first-order valence-corrected chi connectivity index (χ1v) is 4.67. The molecule has 1 aliphatic heterocycles. The lowest BCUT2D eigenvalue weighted by atomic mass is 10.3. The van der Waals surface area contributed by atoms with E-state index in [0.717, 1.165) is 0 Å². The fourth-order valence-corrected chi connectivity index (χ4v) is 1.27. The van der Waals surface area contributed by atoms with Crippen LogP contribution in [-0.2, 0) is 4.79 Å². The third kappa shape index (κ3) is 1.98. The van der Waals surface area contributed by atoms with Crippen molar-refractivity contribution in [2.45, 2.75) is 0 Å². The van der Waals surface area contributed by atoms with Crippen LogP contribution in [0.15, 0.2) is 42.9 Å². The first-order valence-electron chi connectivity index (χ1n) is 4.67. The summed E-state index contributed by atoms with van der Waals surface area (Å²) in [5.41, 5.74) is 0.944. The molecule has 2 aromatic rings. The van der Waals surface area contributed by atoms with Crippen LogP contribution in [0.4, 0.5) is 5.69 Å². The van der Waals surface area contributed by atoms with Gasteiger partial charge >= 0.3 is 0 Å². The van der Waals surface area contributed by atoms with Gasteiger partial charge in [-0.2, -0.15) is 0 Å². The fraction of sp³-hybridized carbons (Fsp3) is 0. The second-order valence-corrected chi connectivity index (χ2v) is 3.07. The van der Waals surface area contributed by atoms with Crippen LogP contribution in [0.25, 0.3) is 0 Å². The molecule has 5 heteroatoms. The Hall–Kier alpha value is -2.43. The third-order valence-electron chi connectivity index (χ3n) is 1.99. The van der Waals surface area contributed by atoms with Gasteiger partial charge < -0.3 is 10.3 Å². The van der Waals surface area contributed by atoms with Crippen LogP contribution in [0.2, 0.25) is 0 Å². The lowest BCUT2D eigenvalue weighted by Gasteiger charge is -1.83. The maximum atomic E-state index is 10.8. The van der Waals surface area contributed by atoms with Gasteiger partial charge in [-0.15, -0.1) is 0 Å². The number of carbonyl (C=O) groups is 2. The van der Waals surface area contributed by atoms with Gasteiger partial charge in [-0.3, -0.25) is 14.6 Å². The molecule has 0 radical (unpaired) electrons. The van der Waals surface area contributed by atoms with Crippen molar-refractivity contribution in [3.8, 4) is 0 Å². The number of aromatic amines is 1. The Morgan fingerprint density at radius 3 is 2.31 bits per heavy atom. The summed E-state index contributed by atoms with van der Waals surface area (Å²) in [6.07, 6.45) is 5.11. The van der Waals surface area contributed by atoms with E-state index in [9.17, 15) is 9.59 Å². The third-order valence-corrected chi connectivity index (χ3v) is 1.99. The highest BCUT2D eigenvalue weighted by molar-refractivity contribution is 6.51. The van der Waals surface area contributed by atoms with Crippen molar-refractivity contribution in [2.24, 2.45) is 0 Å². The molecule has 0 unspecified atom stereocenters. The predicted octanol–water partition coefficient (Wildman–Crippen LogP) is 1.23. The zero-order valence-corrected chi connectivity index (χ0v) is 8.31. The number of H-pyrrole nitrogens is 1. The molecule has 3 heterocycles. The molecule has 3 rings (SSSR count). The van der Waals surface area contributed by atoms with Gasteiger partial charge in [-0.1, -0.05) is 6.07 Å². The van der Waals surface area contributed by atoms with Gasteiger partial charge in [0.15, 0.2) is 0 Å². The number of hydrogen-bond donors (Lipinski definition) is 2. The Morgan fingerprint density at radius 2 is 1.81 bits per heavy atom. The van der Waals surface area contributed by atoms with E-state index in [1.54, 1.807) is 24.7 Å². The molecule has 2 N–H and O–H groups in total. The predicted molar refractivity (Wildman–Crippen MR) is 58.0 cm³/mol. The van der Waals surface area contributed by atoms with Crippen LogP contribution >= 0.6 is 0 Å². The summed E-state index contributed by atoms with van der Waals surface area (Å²) < 4.78 is 0. The highest BCUT2D eigenvalue weighted by atomic mass is 16.2. The smallest absolute Gasteiger partial charge is 0.298 e. The number of nitrogens with one attached hydrogen (secondary N) is 2. The second kappa shape index (κ2) is 4.39. The number of ketones is 1. The number of rotatable bonds is 0. The van der Waals surface area contributed by atoms with Crippen LogP contribution in [0.3, 0.4) is 0 Å². The molecular weight excluding hydrogens is 206 g/mol. The summed E-state index contributed by atoms with van der Waals surface area (Å²) in [7, 11) is 0. The minimum Gasteiger partial charge on any atom is -0.357 e. The second-order valence-electron chi connectivity index (χ2n) is 3.07. The molecule has 80 valence electrons. The average Bonchev–Trinajstić information content (AvgIpc) is 2.88. The van der Waals surface area contributed by atoms with Gasteiger partial charge in [0.05, 0.1) is 5.69 Å². The molecule has 0 aliphatic carbocycles. The van der Waals surface area contributed by atoms with Gasteiger partial charge in [0.1, 0.15) is 5.69 Å². The number of anilines is 1. The van der Waals surface area contributed by atoms with E-state index in [0.29, 0.717) is 11.4 Å². The van der Waals surface area contributed by atoms with Gasteiger partial charge in [-0.05, 0) is 18.2 Å². The van der Waals surface area contributed by atoms with Crippen molar-refractivity contribution in [1.82, 2.24) is 9.97 Å². The molecule has 16 heavy (non-hydrogen) atoms. The molecule has 5 nitrogen and oxygen atoms in total. The molecule has 0 saturated heterocycles. The highest BCUT2D eigenvalue weighted by Gasteiger charge is 2.28. The highest BCUT2D eigenvalue weighted by Crippen LogP contribution is 2.19. The van der Waals surface area contributed by atoms with Crippen LogP contribution in [0, 0.1) is 0 Å². The Morgan fingerprint density at radius 1 is 1.06 bits per heavy atom. The van der Waals surface area contributed by atoms with Crippen LogP contribution in [0.5, 0.6) is 0 Å². The molecule has 0 atom stereocenters. The minimum atomic E-state index is -0.554. The Labute approximate surface area is 91.5 Å². The van der Waals surface area contributed by atoms with Gasteiger partial charge in [0.2, 0.25) is 0 Å². The summed E-state index contributed by atoms with van der Waals surface area (Å²) in [5.74, 6) is -1.04. The normalized spacial score (nSPS) is 12.5. The Balaban J connectivity index is 0.000000138. The number of hydrogen-bond acceptors (Lipinski definition) is 3. The molecular formula is C11H9N3O2. The van der Waals surface area contributed by atoms with E-state index < -0.39 is 11.7 Å². The SMILES string of the molecule is O=C1Nc2cc[nH]c2C1=O.c1ccncc1. The molecule has 1 amide bonds. The van der Waals surface area contributed by atoms with Crippen molar-refractivity contribution in [3.05, 3.63) is 48.5 Å². The first-order chi connectivity index (χ1) is 7.79. The molecule has 0 fully saturated rings. The van der Waals surface area contributed by atoms with Gasteiger partial charge in [-0.25, -0.2) is 0 Å². The summed E-state index contributed by atoms with van der Waals surface area (Å²) in [5, 5.41) is 2.41. The standard InChI is InChI=1S/C6H4N2O2.C5H5N/c9-5-4-3(1-2-7-4)8-6(5)10;1-2-4-6-5-3-1/h1-2,7H,(H,8,9,10);1-5H. The number of aromatic nitrogens is 2. The maximum absolute atomic E-state index is 10.8. The van der Waals surface area contributed by atoms with E-state index in [1.807, 2.05) is 18.2 Å². The van der Waals surface area contributed by atoms with E-state index in [4.69, 9.17) is 0 Å². The molecule has 0 bridgehead atoms. The van der Waals surface area contributed by atoms with E-state index in [2.05, 4.69) is 15.3 Å². The number of Topliss-reactive ketones (excluding diaryl/α,β-unsaturated/α-hetero) is 1. The average molecular weight is 215 g/mol. The lowest BCUT2D eigenvalue weighted by molar-refractivity contribution is -0.112. The monoisotopic (exact) mass is 215 g/mol. The quantitative estimate of drug-likeness (QED) is 0.649. The summed E-state index contributed by atoms with van der Waals surface area (Å²) in [6.45, 7) is 0. The van der Waals surface area contributed by atoms with Crippen LogP contribution in [0.1, 0.15) is 10.5 Å². The van der Waals surface area contributed by atoms with Crippen molar-refractivity contribution >= 4 is 17.4 Å². The minimum absolute atomic E-state index is 0.366. The molecule has 1 aliphatic rings. The van der Waals surface area contributed by atoms with Crippen molar-refractivity contribution in [3.63, 3.8) is 0 Å². The Kier molecular flexibility index (Phi) is 2.77. The molecule has 2 aromatic heterocycles. The molecule has 0 aromatic carbocycles. The number of nitrogens with zero attached hydrogens (tertiary/aromatic N) is 1. The Bertz CT molecular complexity index is 478. The van der Waals surface area contributed by atoms with Crippen LogP contribution < -0.4 is 5.32 Å². The maximum Gasteiger partial charge on any atom is 0.298 e. The van der Waals surface area contributed by atoms with E-state index in [1.165, 1.54) is 0 Å². The van der Waals surface area contributed by atoms with E-state index >= 15 is 0 Å². The number of amides is 1. The summed E-state index contributed by atoms with van der Waals surface area (Å²) >= 11 is 0. The zero-order valence-electron chi connectivity index (χ0n) is 8.31. The number of fused-ring (bicyclic) bond motifs is 1. The topological polar surface area (TPSA) is 74.8 Å². The van der Waals surface area contributed by atoms with Crippen molar-refractivity contribution < 1.29 is 9.59 Å². The molecule has 0 spiro atoms. The lowest BCUT2D eigenvalue weighted by Crippen LogP contribution is -2.13. The van der Waals surface area contributed by atoms with Crippen molar-refractivity contribution in [2.75, 3.05) is 5.32 Å². The van der Waals surface area contributed by atoms with Crippen molar-refractivity contribution in [1.29, 1.82) is 0 Å². The van der Waals surface area contributed by atoms with Gasteiger partial charge in [0.25, 0.3) is 11.7 Å². The van der Waals surface area contributed by atoms with Gasteiger partial charge in [0, 0.05) is 18.6 Å². The number of carbonyl (C=O) groups excluding carboxylic acids is 2. The largest absolute Gasteiger partial charge is 0.357 e. The molecule has 0 saturated carbocycles.